The number of nitrogens with two attached hydrogens (primary N) is 1. The van der Waals surface area contributed by atoms with Crippen LogP contribution in [0, 0.1) is 5.41 Å². The number of nitrogens with one attached hydrogen (secondary N) is 1. The van der Waals surface area contributed by atoms with E-state index in [2.05, 4.69) is 24.2 Å². The number of nitrogens with zero attached hydrogens (tertiary/aromatic N) is 1. The molecule has 2 rings (SSSR count). The first-order chi connectivity index (χ1) is 9.93. The molecule has 5 heteroatoms. The molecule has 1 aromatic rings. The van der Waals surface area contributed by atoms with Crippen molar-refractivity contribution < 1.29 is 9.53 Å². The highest BCUT2D eigenvalue weighted by atomic mass is 16.5. The van der Waals surface area contributed by atoms with Gasteiger partial charge in [0.1, 0.15) is 0 Å². The number of ether oxygens (including phenoxy) is 1. The van der Waals surface area contributed by atoms with E-state index in [1.165, 1.54) is 20.0 Å². The molecule has 1 aromatic carbocycles. The molecule has 0 bridgehead atoms. The monoisotopic (exact) mass is 291 g/mol. The number of likely N-dealkylation sites (tertiary alicyclic amines) is 1. The molecule has 0 aliphatic carbocycles. The molecule has 5 nitrogen and oxygen atoms in total. The fourth-order valence-corrected chi connectivity index (χ4v) is 2.61. The summed E-state index contributed by atoms with van der Waals surface area (Å²) in [5.41, 5.74) is 8.24. The van der Waals surface area contributed by atoms with Crippen molar-refractivity contribution in [3.8, 4) is 0 Å². The number of anilines is 2. The molecule has 0 unspecified atom stereocenters. The zero-order chi connectivity index (χ0) is 15.5. The van der Waals surface area contributed by atoms with E-state index < -0.39 is 0 Å². The number of carbonyl (C=O) groups excluding carboxylic acids is 1. The maximum absolute atomic E-state index is 11.5. The molecule has 1 saturated heterocycles. The maximum atomic E-state index is 11.5. The fourth-order valence-electron chi connectivity index (χ4n) is 2.61. The molecule has 21 heavy (non-hydrogen) atoms. The van der Waals surface area contributed by atoms with Gasteiger partial charge in [-0.15, -0.1) is 0 Å². The van der Waals surface area contributed by atoms with Crippen LogP contribution in [0.2, 0.25) is 0 Å². The van der Waals surface area contributed by atoms with E-state index in [4.69, 9.17) is 10.5 Å². The van der Waals surface area contributed by atoms with E-state index in [0.29, 0.717) is 16.7 Å². The molecule has 0 atom stereocenters. The van der Waals surface area contributed by atoms with Crippen LogP contribution >= 0.6 is 0 Å². The number of piperidine rings is 1. The first-order valence-corrected chi connectivity index (χ1v) is 7.34. The lowest BCUT2D eigenvalue weighted by Gasteiger charge is -2.38. The van der Waals surface area contributed by atoms with Gasteiger partial charge in [-0.25, -0.2) is 4.79 Å². The van der Waals surface area contributed by atoms with Gasteiger partial charge in [-0.2, -0.15) is 0 Å². The Balaban J connectivity index is 1.99. The summed E-state index contributed by atoms with van der Waals surface area (Å²) in [4.78, 5) is 13.8. The van der Waals surface area contributed by atoms with Gasteiger partial charge in [-0.05, 0) is 56.6 Å². The summed E-state index contributed by atoms with van der Waals surface area (Å²) in [6, 6.07) is 5.24. The smallest absolute Gasteiger partial charge is 0.337 e. The lowest BCUT2D eigenvalue weighted by Crippen LogP contribution is -2.40. The maximum Gasteiger partial charge on any atom is 0.337 e. The molecule has 3 N–H and O–H groups in total. The van der Waals surface area contributed by atoms with Crippen molar-refractivity contribution in [3.05, 3.63) is 23.8 Å². The number of nitrogen functional groups attached to an aromatic ring is 1. The van der Waals surface area contributed by atoms with Crippen molar-refractivity contribution in [1.82, 2.24) is 4.90 Å². The highest BCUT2D eigenvalue weighted by molar-refractivity contribution is 5.91. The van der Waals surface area contributed by atoms with Crippen LogP contribution in [0.1, 0.15) is 30.1 Å². The molecule has 0 spiro atoms. The predicted octanol–water partition coefficient (Wildman–Crippen LogP) is 2.20. The summed E-state index contributed by atoms with van der Waals surface area (Å²) < 4.78 is 4.69. The summed E-state index contributed by atoms with van der Waals surface area (Å²) in [5, 5.41) is 3.43. The molecule has 1 aliphatic heterocycles. The van der Waals surface area contributed by atoms with Gasteiger partial charge in [0, 0.05) is 6.54 Å². The average molecular weight is 291 g/mol. The number of hydrogen-bond donors (Lipinski definition) is 2. The van der Waals surface area contributed by atoms with Crippen LogP contribution in [-0.2, 0) is 4.74 Å². The lowest BCUT2D eigenvalue weighted by molar-refractivity contribution is 0.0601. The summed E-state index contributed by atoms with van der Waals surface area (Å²) in [6.45, 7) is 5.47. The second kappa shape index (κ2) is 6.35. The van der Waals surface area contributed by atoms with E-state index in [0.717, 1.165) is 25.3 Å². The molecule has 0 amide bonds. The zero-order valence-corrected chi connectivity index (χ0v) is 13.1. The van der Waals surface area contributed by atoms with Gasteiger partial charge in [-0.1, -0.05) is 6.92 Å². The number of benzene rings is 1. The highest BCUT2D eigenvalue weighted by Gasteiger charge is 2.28. The number of carbonyl (C=O) groups is 1. The van der Waals surface area contributed by atoms with E-state index in [-0.39, 0.29) is 5.97 Å². The third-order valence-corrected chi connectivity index (χ3v) is 4.37. The first kappa shape index (κ1) is 15.6. The number of rotatable bonds is 4. The minimum absolute atomic E-state index is 0.292. The fraction of sp³-hybridized carbons (Fsp3) is 0.562. The zero-order valence-electron chi connectivity index (χ0n) is 13.1. The molecule has 0 saturated carbocycles. The van der Waals surface area contributed by atoms with E-state index >= 15 is 0 Å². The molecular formula is C16H25N3O2. The Bertz CT molecular complexity index is 508. The van der Waals surface area contributed by atoms with Gasteiger partial charge in [0.2, 0.25) is 0 Å². The predicted molar refractivity (Wildman–Crippen MR) is 85.5 cm³/mol. The Morgan fingerprint density at radius 2 is 2.10 bits per heavy atom. The Labute approximate surface area is 126 Å². The van der Waals surface area contributed by atoms with Gasteiger partial charge in [-0.3, -0.25) is 0 Å². The average Bonchev–Trinajstić information content (AvgIpc) is 2.48. The van der Waals surface area contributed by atoms with Crippen LogP contribution < -0.4 is 11.1 Å². The number of hydrogen-bond acceptors (Lipinski definition) is 5. The minimum atomic E-state index is -0.365. The quantitative estimate of drug-likeness (QED) is 0.657. The van der Waals surface area contributed by atoms with Crippen molar-refractivity contribution >= 4 is 17.3 Å². The summed E-state index contributed by atoms with van der Waals surface area (Å²) in [5.74, 6) is -0.365. The van der Waals surface area contributed by atoms with Crippen LogP contribution in [-0.4, -0.2) is 44.7 Å². The SMILES string of the molecule is COC(=O)c1ccc(NCC2(C)CCN(C)CC2)c(N)c1. The standard InChI is InChI=1S/C16H25N3O2/c1-16(6-8-19(2)9-7-16)11-18-14-5-4-12(10-13(14)17)15(20)21-3/h4-5,10,18H,6-9,11,17H2,1-3H3. The van der Waals surface area contributed by atoms with E-state index in [9.17, 15) is 4.79 Å². The summed E-state index contributed by atoms with van der Waals surface area (Å²) >= 11 is 0. The molecule has 0 aromatic heterocycles. The van der Waals surface area contributed by atoms with Gasteiger partial charge in [0.25, 0.3) is 0 Å². The summed E-state index contributed by atoms with van der Waals surface area (Å²) in [6.07, 6.45) is 2.35. The lowest BCUT2D eigenvalue weighted by atomic mass is 9.80. The van der Waals surface area contributed by atoms with Crippen molar-refractivity contribution in [2.24, 2.45) is 5.41 Å². The molecule has 0 radical (unpaired) electrons. The van der Waals surface area contributed by atoms with Gasteiger partial charge in [0.05, 0.1) is 24.0 Å². The van der Waals surface area contributed by atoms with Crippen LogP contribution in [0.3, 0.4) is 0 Å². The van der Waals surface area contributed by atoms with Crippen molar-refractivity contribution in [3.63, 3.8) is 0 Å². The molecule has 1 heterocycles. The van der Waals surface area contributed by atoms with E-state index in [1.54, 1.807) is 12.1 Å². The van der Waals surface area contributed by atoms with Crippen LogP contribution in [0.25, 0.3) is 0 Å². The third kappa shape index (κ3) is 3.88. The molecular weight excluding hydrogens is 266 g/mol. The first-order valence-electron chi connectivity index (χ1n) is 7.34. The molecule has 116 valence electrons. The molecule has 1 fully saturated rings. The van der Waals surface area contributed by atoms with Crippen LogP contribution in [0.15, 0.2) is 18.2 Å². The number of esters is 1. The van der Waals surface area contributed by atoms with Crippen molar-refractivity contribution in [1.29, 1.82) is 0 Å². The Morgan fingerprint density at radius 3 is 2.67 bits per heavy atom. The van der Waals surface area contributed by atoms with Gasteiger partial charge < -0.3 is 20.7 Å². The highest BCUT2D eigenvalue weighted by Crippen LogP contribution is 2.31. The Hall–Kier alpha value is -1.75. The second-order valence-electron chi connectivity index (χ2n) is 6.26. The topological polar surface area (TPSA) is 67.6 Å². The van der Waals surface area contributed by atoms with Crippen molar-refractivity contribution in [2.75, 3.05) is 44.8 Å². The largest absolute Gasteiger partial charge is 0.465 e. The second-order valence-corrected chi connectivity index (χ2v) is 6.26. The van der Waals surface area contributed by atoms with E-state index in [1.807, 2.05) is 6.07 Å². The van der Waals surface area contributed by atoms with Crippen LogP contribution in [0.5, 0.6) is 0 Å². The Morgan fingerprint density at radius 1 is 1.43 bits per heavy atom. The summed E-state index contributed by atoms with van der Waals surface area (Å²) in [7, 11) is 3.53. The van der Waals surface area contributed by atoms with Gasteiger partial charge >= 0.3 is 5.97 Å². The number of methoxy groups -OCH3 is 1. The van der Waals surface area contributed by atoms with Crippen LogP contribution in [0.4, 0.5) is 11.4 Å². The Kier molecular flexibility index (Phi) is 4.73. The minimum Gasteiger partial charge on any atom is -0.465 e. The normalized spacial score (nSPS) is 18.2. The van der Waals surface area contributed by atoms with Crippen molar-refractivity contribution in [2.45, 2.75) is 19.8 Å². The third-order valence-electron chi connectivity index (χ3n) is 4.37. The molecule has 1 aliphatic rings. The van der Waals surface area contributed by atoms with Gasteiger partial charge in [0.15, 0.2) is 0 Å².